The largest absolute Gasteiger partial charge is 1.00 e. The summed E-state index contributed by atoms with van der Waals surface area (Å²) in [6.45, 7) is 12.3. The van der Waals surface area contributed by atoms with Crippen LogP contribution in [0.4, 0.5) is 25.8 Å². The number of ether oxygens (including phenoxy) is 2. The van der Waals surface area contributed by atoms with Crippen molar-refractivity contribution in [3.8, 4) is 11.5 Å². The summed E-state index contributed by atoms with van der Waals surface area (Å²) in [7, 11) is 1.75. The Bertz CT molecular complexity index is 1460. The second-order valence-corrected chi connectivity index (χ2v) is 13.0. The van der Waals surface area contributed by atoms with Crippen LogP contribution in [0, 0.1) is 39.9 Å². The number of anilines is 1. The Morgan fingerprint density at radius 3 is 1.60 bits per heavy atom. The van der Waals surface area contributed by atoms with Crippen LogP contribution in [0.15, 0.2) is 24.3 Å². The molecule has 2 aliphatic carbocycles. The average Bonchev–Trinajstić information content (AvgIpc) is 3.93. The van der Waals surface area contributed by atoms with E-state index >= 15 is 0 Å². The second kappa shape index (κ2) is 30.2. The molecule has 0 spiro atoms. The van der Waals surface area contributed by atoms with Crippen molar-refractivity contribution in [2.45, 2.75) is 77.3 Å². The SMILES string of the molecule is C1CCC(N2CCNCC2)C1.COc1cc(F)c(C)cc1[N+](=O)[O-].COc1cc(N2CCN(C3CCCC3)CC2)c(C)cc1[N+](=O)[O-].O=CO[O-].[2H]CF.[H-].[K+].[K+]. The van der Waals surface area contributed by atoms with Crippen molar-refractivity contribution in [1.82, 2.24) is 15.1 Å². The van der Waals surface area contributed by atoms with Crippen LogP contribution in [0.2, 0.25) is 0 Å². The molecule has 2 aromatic rings. The zero-order valence-corrected chi connectivity index (χ0v) is 39.5. The third-order valence-corrected chi connectivity index (χ3v) is 9.88. The monoisotopic (exact) mass is 833 g/mol. The fraction of sp³-hybridized carbons (Fsp3) is 0.639. The summed E-state index contributed by atoms with van der Waals surface area (Å²) in [6.07, 6.45) is 11.3. The van der Waals surface area contributed by atoms with Gasteiger partial charge in [0.2, 0.25) is 0 Å². The van der Waals surface area contributed by atoms with Gasteiger partial charge in [0.05, 0.1) is 32.6 Å². The van der Waals surface area contributed by atoms with E-state index in [1.807, 2.05) is 13.0 Å². The molecule has 0 bridgehead atoms. The van der Waals surface area contributed by atoms with Crippen LogP contribution in [0.25, 0.3) is 0 Å². The number of piperazine rings is 2. The van der Waals surface area contributed by atoms with Crippen LogP contribution in [0.3, 0.4) is 0 Å². The summed E-state index contributed by atoms with van der Waals surface area (Å²) in [4.78, 5) is 39.4. The molecular formula is C36H56F2K2N6O9. The maximum absolute atomic E-state index is 12.9. The quantitative estimate of drug-likeness (QED) is 0.113. The maximum Gasteiger partial charge on any atom is 1.00 e. The summed E-state index contributed by atoms with van der Waals surface area (Å²) in [5.74, 6) is -0.232. The smallest absolute Gasteiger partial charge is 1.00 e. The van der Waals surface area contributed by atoms with Crippen LogP contribution in [0.5, 0.6) is 11.5 Å². The normalized spacial score (nSPS) is 17.3. The van der Waals surface area contributed by atoms with E-state index in [0.29, 0.717) is 5.75 Å². The number of carbonyl (C=O) groups excluding carboxylic acids is 1. The van der Waals surface area contributed by atoms with Gasteiger partial charge in [0.15, 0.2) is 11.5 Å². The zero-order valence-electron chi connectivity index (χ0n) is 35.2. The standard InChI is InChI=1S/C17H25N3O3.C9H18N2.C8H8FNO3.CH3F.CH2O3.2K.H/c1-13-11-16(20(21)22)17(23-2)12-15(13)19-9-7-18(8-10-19)14-5-3-4-6-14;1-2-4-9(3-1)11-7-5-10-6-8-11;1-5-3-7(10(11)12)8(13-2)4-6(5)9;1-2;2-1-4-3;;;/h11-12,14H,3-10H2,1-2H3;9-10H,1-8H2;3-4H,1-2H3;1H3;1,3H;;;/q;;;;;2*+1;-1/p-1/i;;;1D;;;;. The minimum absolute atomic E-state index is 0. The van der Waals surface area contributed by atoms with Crippen molar-refractivity contribution in [3.05, 3.63) is 61.4 Å². The molecule has 2 aromatic carbocycles. The Labute approximate surface area is 411 Å². The third kappa shape index (κ3) is 17.9. The van der Waals surface area contributed by atoms with Crippen LogP contribution in [0.1, 0.15) is 65.3 Å². The van der Waals surface area contributed by atoms with E-state index in [0.717, 1.165) is 61.6 Å². The number of aryl methyl sites for hydroxylation is 2. The van der Waals surface area contributed by atoms with Crippen LogP contribution in [-0.4, -0.2) is 112 Å². The molecule has 6 rings (SSSR count). The summed E-state index contributed by atoms with van der Waals surface area (Å²) in [6, 6.07) is 7.31. The summed E-state index contributed by atoms with van der Waals surface area (Å²) < 4.78 is 38.3. The van der Waals surface area contributed by atoms with E-state index in [4.69, 9.17) is 16.2 Å². The molecule has 2 saturated carbocycles. The fourth-order valence-corrected chi connectivity index (χ4v) is 7.18. The van der Waals surface area contributed by atoms with E-state index in [2.05, 4.69) is 29.6 Å². The maximum atomic E-state index is 12.9. The molecule has 0 radical (unpaired) electrons. The molecule has 15 nitrogen and oxygen atoms in total. The Morgan fingerprint density at radius 1 is 0.800 bits per heavy atom. The molecule has 19 heteroatoms. The number of carbonyl (C=O) groups is 1. The predicted molar refractivity (Wildman–Crippen MR) is 197 cm³/mol. The zero-order chi connectivity index (χ0) is 40.0. The number of alkyl halides is 1. The average molecular weight is 834 g/mol. The minimum atomic E-state index is -1.00. The Morgan fingerprint density at radius 2 is 1.20 bits per heavy atom. The number of nitro benzene ring substituents is 2. The third-order valence-electron chi connectivity index (χ3n) is 9.88. The number of nitro groups is 2. The molecule has 2 aliphatic heterocycles. The molecule has 4 aliphatic rings. The van der Waals surface area contributed by atoms with Gasteiger partial charge in [-0.05, 0) is 50.7 Å². The number of nitrogens with one attached hydrogen (secondary N) is 1. The van der Waals surface area contributed by atoms with Gasteiger partial charge in [0.25, 0.3) is 6.47 Å². The molecule has 0 aromatic heterocycles. The second-order valence-electron chi connectivity index (χ2n) is 13.0. The first kappa shape index (κ1) is 52.1. The molecule has 1 N–H and O–H groups in total. The van der Waals surface area contributed by atoms with Gasteiger partial charge < -0.3 is 31.3 Å². The number of halogens is 2. The fourth-order valence-electron chi connectivity index (χ4n) is 7.18. The number of methoxy groups -OCH3 is 2. The number of benzene rings is 2. The number of hydrogen-bond donors (Lipinski definition) is 1. The molecule has 300 valence electrons. The van der Waals surface area contributed by atoms with Gasteiger partial charge >= 0.3 is 114 Å². The van der Waals surface area contributed by atoms with Crippen LogP contribution in [-0.2, 0) is 9.68 Å². The molecular weight excluding hydrogens is 777 g/mol. The Balaban J connectivity index is 0. The van der Waals surface area contributed by atoms with Crippen LogP contribution >= 0.6 is 0 Å². The number of hydrogen-bond acceptors (Lipinski definition) is 13. The first-order valence-corrected chi connectivity index (χ1v) is 17.8. The van der Waals surface area contributed by atoms with Gasteiger partial charge in [-0.15, -0.1) is 0 Å². The molecule has 55 heavy (non-hydrogen) atoms. The van der Waals surface area contributed by atoms with Crippen molar-refractivity contribution in [1.29, 1.82) is 0 Å². The van der Waals surface area contributed by atoms with Crippen molar-refractivity contribution < 1.29 is 149 Å². The van der Waals surface area contributed by atoms with Gasteiger partial charge in [-0.2, -0.15) is 0 Å². The molecule has 0 amide bonds. The van der Waals surface area contributed by atoms with Crippen molar-refractivity contribution >= 4 is 23.5 Å². The predicted octanol–water partition coefficient (Wildman–Crippen LogP) is -0.998. The van der Waals surface area contributed by atoms with Crippen LogP contribution < -0.4 is 128 Å². The van der Waals surface area contributed by atoms with Gasteiger partial charge in [-0.25, -0.2) is 4.39 Å². The Hall–Kier alpha value is -0.917. The molecule has 0 atom stereocenters. The van der Waals surface area contributed by atoms with Gasteiger partial charge in [0, 0.05) is 94.4 Å². The summed E-state index contributed by atoms with van der Waals surface area (Å²) in [5, 5.41) is 33.4. The van der Waals surface area contributed by atoms with Gasteiger partial charge in [-0.1, -0.05) is 25.7 Å². The number of rotatable bonds is 8. The van der Waals surface area contributed by atoms with E-state index < -0.39 is 17.9 Å². The van der Waals surface area contributed by atoms with E-state index in [9.17, 15) is 29.0 Å². The van der Waals surface area contributed by atoms with E-state index in [1.165, 1.54) is 98.7 Å². The van der Waals surface area contributed by atoms with Crippen molar-refractivity contribution in [3.63, 3.8) is 0 Å². The number of nitrogens with zero attached hydrogens (tertiary/aromatic N) is 5. The minimum Gasteiger partial charge on any atom is -1.00 e. The molecule has 2 saturated heterocycles. The first-order chi connectivity index (χ1) is 25.9. The van der Waals surface area contributed by atoms with Crippen molar-refractivity contribution in [2.24, 2.45) is 0 Å². The molecule has 0 unspecified atom stereocenters. The van der Waals surface area contributed by atoms with E-state index in [1.54, 1.807) is 6.07 Å². The topological polar surface area (TPSA) is 176 Å². The Kier molecular flexibility index (Phi) is 28.6. The molecule has 4 fully saturated rings. The summed E-state index contributed by atoms with van der Waals surface area (Å²) in [5.41, 5.74) is 2.04. The first-order valence-electron chi connectivity index (χ1n) is 18.5. The van der Waals surface area contributed by atoms with Crippen molar-refractivity contribution in [2.75, 3.05) is 78.6 Å². The van der Waals surface area contributed by atoms with Gasteiger partial charge in [0.1, 0.15) is 5.82 Å². The van der Waals surface area contributed by atoms with Gasteiger partial charge in [-0.3, -0.25) is 39.2 Å². The molecule has 2 heterocycles. The van der Waals surface area contributed by atoms with E-state index in [-0.39, 0.29) is 138 Å². The summed E-state index contributed by atoms with van der Waals surface area (Å²) >= 11 is 0.